The molecule has 0 unspecified atom stereocenters. The number of aryl methyl sites for hydroxylation is 1. The zero-order chi connectivity index (χ0) is 21.7. The number of phenols is 1. The summed E-state index contributed by atoms with van der Waals surface area (Å²) in [4.78, 5) is 0. The molecular weight excluding hydrogens is 406 g/mol. The topological polar surface area (TPSA) is 94.3 Å². The standard InChI is InChI=1S/C24H25N5O3/c1-29-11-16(10-25-29)14-2-3-20(22(30)8-14)21-9-23-24(28-27-21)19(4-5-32-23)15-6-17-12-31-13-18(7-15)26-17/h2-4,8-11,15,17-18,26,30H,5-7,12-13H2,1H3/t15-,17+,18-. The Morgan fingerprint density at radius 2 is 1.94 bits per heavy atom. The first-order chi connectivity index (χ1) is 15.6. The number of morpholine rings is 1. The number of allylic oxidation sites excluding steroid dienone is 1. The highest BCUT2D eigenvalue weighted by Crippen LogP contribution is 2.41. The second-order valence-corrected chi connectivity index (χ2v) is 8.81. The number of nitrogens with zero attached hydrogens (tertiary/aromatic N) is 4. The van der Waals surface area contributed by atoms with E-state index in [1.807, 2.05) is 31.4 Å². The summed E-state index contributed by atoms with van der Waals surface area (Å²) >= 11 is 0. The molecule has 0 radical (unpaired) electrons. The first kappa shape index (κ1) is 19.5. The summed E-state index contributed by atoms with van der Waals surface area (Å²) in [6, 6.07) is 8.22. The van der Waals surface area contributed by atoms with Crippen molar-refractivity contribution in [1.29, 1.82) is 0 Å². The van der Waals surface area contributed by atoms with E-state index in [2.05, 4.69) is 26.7 Å². The van der Waals surface area contributed by atoms with E-state index >= 15 is 0 Å². The summed E-state index contributed by atoms with van der Waals surface area (Å²) in [7, 11) is 1.87. The van der Waals surface area contributed by atoms with Gasteiger partial charge in [0.1, 0.15) is 29.5 Å². The van der Waals surface area contributed by atoms with Crippen molar-refractivity contribution in [2.24, 2.45) is 13.0 Å². The van der Waals surface area contributed by atoms with Crippen molar-refractivity contribution in [2.75, 3.05) is 19.8 Å². The number of hydrogen-bond donors (Lipinski definition) is 2. The lowest BCUT2D eigenvalue weighted by Gasteiger charge is -2.41. The molecule has 3 aliphatic rings. The van der Waals surface area contributed by atoms with Gasteiger partial charge in [-0.05, 0) is 48.1 Å². The largest absolute Gasteiger partial charge is 0.507 e. The van der Waals surface area contributed by atoms with Crippen molar-refractivity contribution in [3.8, 4) is 33.9 Å². The summed E-state index contributed by atoms with van der Waals surface area (Å²) in [6.45, 7) is 2.06. The Hall–Kier alpha value is -3.23. The van der Waals surface area contributed by atoms with E-state index in [1.165, 1.54) is 5.57 Å². The third kappa shape index (κ3) is 3.45. The van der Waals surface area contributed by atoms with Gasteiger partial charge in [-0.25, -0.2) is 0 Å². The lowest BCUT2D eigenvalue weighted by molar-refractivity contribution is 0.0153. The Kier molecular flexibility index (Phi) is 4.69. The van der Waals surface area contributed by atoms with Gasteiger partial charge in [-0.2, -0.15) is 5.10 Å². The molecule has 164 valence electrons. The van der Waals surface area contributed by atoms with Crippen LogP contribution in [0.15, 0.2) is 42.7 Å². The Balaban J connectivity index is 1.29. The summed E-state index contributed by atoms with van der Waals surface area (Å²) in [6.07, 6.45) is 7.89. The lowest BCUT2D eigenvalue weighted by Crippen LogP contribution is -2.54. The molecule has 2 fully saturated rings. The van der Waals surface area contributed by atoms with Crippen LogP contribution in [0, 0.1) is 5.92 Å². The van der Waals surface area contributed by atoms with Crippen LogP contribution in [0.3, 0.4) is 0 Å². The van der Waals surface area contributed by atoms with Crippen LogP contribution in [-0.4, -0.2) is 57.0 Å². The Morgan fingerprint density at radius 3 is 2.69 bits per heavy atom. The number of phenolic OH excluding ortho intramolecular Hbond substituents is 1. The van der Waals surface area contributed by atoms with E-state index < -0.39 is 0 Å². The van der Waals surface area contributed by atoms with E-state index in [4.69, 9.17) is 9.47 Å². The number of hydrogen-bond acceptors (Lipinski definition) is 7. The number of fused-ring (bicyclic) bond motifs is 3. The minimum atomic E-state index is 0.151. The van der Waals surface area contributed by atoms with Gasteiger partial charge in [0.15, 0.2) is 0 Å². The summed E-state index contributed by atoms with van der Waals surface area (Å²) in [5.41, 5.74) is 5.10. The number of nitrogens with one attached hydrogen (secondary N) is 1. The first-order valence-corrected chi connectivity index (χ1v) is 11.0. The van der Waals surface area contributed by atoms with Crippen LogP contribution in [0.25, 0.3) is 28.0 Å². The van der Waals surface area contributed by atoms with Crippen LogP contribution >= 0.6 is 0 Å². The summed E-state index contributed by atoms with van der Waals surface area (Å²) in [5, 5.41) is 27.6. The molecule has 0 saturated carbocycles. The van der Waals surface area contributed by atoms with Gasteiger partial charge in [0.25, 0.3) is 0 Å². The van der Waals surface area contributed by atoms with E-state index in [1.54, 1.807) is 16.9 Å². The smallest absolute Gasteiger partial charge is 0.149 e. The third-order valence-electron chi connectivity index (χ3n) is 6.57. The zero-order valence-corrected chi connectivity index (χ0v) is 17.9. The van der Waals surface area contributed by atoms with Crippen molar-refractivity contribution in [2.45, 2.75) is 24.9 Å². The fraction of sp³-hybridized carbons (Fsp3) is 0.375. The quantitative estimate of drug-likeness (QED) is 0.659. The predicted octanol–water partition coefficient (Wildman–Crippen LogP) is 2.79. The normalized spacial score (nSPS) is 24.4. The van der Waals surface area contributed by atoms with Gasteiger partial charge < -0.3 is 19.9 Å². The maximum absolute atomic E-state index is 10.7. The number of aromatic nitrogens is 4. The number of ether oxygens (including phenoxy) is 2. The highest BCUT2D eigenvalue weighted by molar-refractivity contribution is 5.77. The number of benzene rings is 1. The molecule has 3 aromatic rings. The van der Waals surface area contributed by atoms with Crippen LogP contribution < -0.4 is 10.1 Å². The fourth-order valence-corrected chi connectivity index (χ4v) is 5.08. The fourth-order valence-electron chi connectivity index (χ4n) is 5.08. The second-order valence-electron chi connectivity index (χ2n) is 8.81. The van der Waals surface area contributed by atoms with Crippen molar-refractivity contribution >= 4 is 5.57 Å². The molecule has 8 nitrogen and oxygen atoms in total. The summed E-state index contributed by atoms with van der Waals surface area (Å²) in [5.74, 6) is 1.30. The molecule has 3 aliphatic heterocycles. The molecule has 0 amide bonds. The molecule has 32 heavy (non-hydrogen) atoms. The molecule has 2 aromatic heterocycles. The molecule has 0 spiro atoms. The zero-order valence-electron chi connectivity index (χ0n) is 17.9. The van der Waals surface area contributed by atoms with Gasteiger partial charge in [0, 0.05) is 42.5 Å². The third-order valence-corrected chi connectivity index (χ3v) is 6.57. The van der Waals surface area contributed by atoms with E-state index in [0.29, 0.717) is 35.9 Å². The van der Waals surface area contributed by atoms with Crippen molar-refractivity contribution in [3.63, 3.8) is 0 Å². The van der Waals surface area contributed by atoms with Crippen LogP contribution in [0.5, 0.6) is 11.5 Å². The first-order valence-electron chi connectivity index (χ1n) is 11.0. The minimum absolute atomic E-state index is 0.151. The molecule has 0 aliphatic carbocycles. The lowest BCUT2D eigenvalue weighted by atomic mass is 9.80. The average Bonchev–Trinajstić information content (AvgIpc) is 3.24. The highest BCUT2D eigenvalue weighted by atomic mass is 16.5. The van der Waals surface area contributed by atoms with Gasteiger partial charge in [-0.15, -0.1) is 10.2 Å². The molecule has 5 heterocycles. The number of piperidine rings is 1. The van der Waals surface area contributed by atoms with Crippen LogP contribution in [0.1, 0.15) is 18.5 Å². The maximum atomic E-state index is 10.7. The Morgan fingerprint density at radius 1 is 1.09 bits per heavy atom. The molecule has 3 atom stereocenters. The molecule has 8 heteroatoms. The Labute approximate surface area is 185 Å². The Bertz CT molecular complexity index is 1190. The average molecular weight is 431 g/mol. The minimum Gasteiger partial charge on any atom is -0.507 e. The predicted molar refractivity (Wildman–Crippen MR) is 119 cm³/mol. The van der Waals surface area contributed by atoms with Gasteiger partial charge in [0.2, 0.25) is 0 Å². The molecule has 2 bridgehead atoms. The van der Waals surface area contributed by atoms with Crippen LogP contribution in [-0.2, 0) is 11.8 Å². The number of aromatic hydroxyl groups is 1. The van der Waals surface area contributed by atoms with Crippen molar-refractivity contribution < 1.29 is 14.6 Å². The van der Waals surface area contributed by atoms with E-state index in [0.717, 1.165) is 48.6 Å². The van der Waals surface area contributed by atoms with E-state index in [-0.39, 0.29) is 5.75 Å². The van der Waals surface area contributed by atoms with Gasteiger partial charge in [-0.1, -0.05) is 6.07 Å². The monoisotopic (exact) mass is 431 g/mol. The molecule has 2 N–H and O–H groups in total. The van der Waals surface area contributed by atoms with Crippen molar-refractivity contribution in [3.05, 3.63) is 48.4 Å². The second kappa shape index (κ2) is 7.72. The molecular formula is C24H25N5O3. The maximum Gasteiger partial charge on any atom is 0.149 e. The van der Waals surface area contributed by atoms with Gasteiger partial charge >= 0.3 is 0 Å². The molecule has 6 rings (SSSR count). The van der Waals surface area contributed by atoms with Crippen LogP contribution in [0.4, 0.5) is 0 Å². The number of rotatable bonds is 3. The SMILES string of the molecule is Cn1cc(-c2ccc(-c3cc4c(nn3)C([C@@H]3C[C@H]5COC[C@@H](C3)N5)=CCO4)c(O)c2)cn1. The summed E-state index contributed by atoms with van der Waals surface area (Å²) < 4.78 is 13.4. The van der Waals surface area contributed by atoms with Crippen LogP contribution in [0.2, 0.25) is 0 Å². The van der Waals surface area contributed by atoms with E-state index in [9.17, 15) is 5.11 Å². The highest BCUT2D eigenvalue weighted by Gasteiger charge is 2.35. The van der Waals surface area contributed by atoms with Crippen molar-refractivity contribution in [1.82, 2.24) is 25.3 Å². The van der Waals surface area contributed by atoms with Gasteiger partial charge in [-0.3, -0.25) is 4.68 Å². The molecule has 1 aromatic carbocycles. The molecule has 2 saturated heterocycles. The van der Waals surface area contributed by atoms with Gasteiger partial charge in [0.05, 0.1) is 19.4 Å².